The summed E-state index contributed by atoms with van der Waals surface area (Å²) in [5, 5.41) is 48.4. The molecule has 16 rings (SSSR count). The molecule has 0 aliphatic carbocycles. The molecule has 5 aliphatic heterocycles. The second-order valence-electron chi connectivity index (χ2n) is 28.6. The summed E-state index contributed by atoms with van der Waals surface area (Å²) in [6.45, 7) is 12.1. The van der Waals surface area contributed by atoms with E-state index in [2.05, 4.69) is 65.6 Å². The normalized spacial score (nSPS) is 18.2. The van der Waals surface area contributed by atoms with Gasteiger partial charge in [0, 0.05) is 163 Å². The van der Waals surface area contributed by atoms with Gasteiger partial charge in [-0.25, -0.2) is 23.3 Å². The second kappa shape index (κ2) is 33.9. The molecule has 0 radical (unpaired) electrons. The van der Waals surface area contributed by atoms with Crippen molar-refractivity contribution in [2.24, 2.45) is 5.14 Å². The first-order chi connectivity index (χ1) is 51.8. The molecule has 8 N–H and O–H groups in total. The Bertz CT molecular complexity index is 5490. The lowest BCUT2D eigenvalue weighted by molar-refractivity contribution is -0.131. The van der Waals surface area contributed by atoms with E-state index in [0.29, 0.717) is 104 Å². The van der Waals surface area contributed by atoms with E-state index in [1.807, 2.05) is 98.7 Å². The number of nitrogens with two attached hydrogens (primary N) is 1. The summed E-state index contributed by atoms with van der Waals surface area (Å²) < 4.78 is 110. The van der Waals surface area contributed by atoms with Gasteiger partial charge in [0.25, 0.3) is 30.6 Å². The number of piperidine rings is 4. The molecule has 0 saturated carbocycles. The number of sulfonamides is 1. The molecule has 38 heteroatoms. The lowest BCUT2D eigenvalue weighted by atomic mass is 9.87. The minimum atomic E-state index is -3.58. The summed E-state index contributed by atoms with van der Waals surface area (Å²) in [6, 6.07) is 19.4. The van der Waals surface area contributed by atoms with Crippen LogP contribution < -0.4 is 14.8 Å². The highest BCUT2D eigenvalue weighted by molar-refractivity contribution is 7.88. The molecule has 11 heterocycles. The first-order valence-electron chi connectivity index (χ1n) is 35.8. The number of H-pyrrole nitrogens is 5. The number of aromatic nitrogens is 11. The molecular formula is C71H90Cl4N20O10S4. The molecular weight excluding hydrogens is 1560 g/mol. The number of carbonyl (C=O) groups excluding carboxylic acids is 1. The van der Waals surface area contributed by atoms with Crippen molar-refractivity contribution < 1.29 is 42.9 Å². The van der Waals surface area contributed by atoms with Gasteiger partial charge in [-0.3, -0.25) is 30.3 Å². The summed E-state index contributed by atoms with van der Waals surface area (Å²) in [5.74, 6) is 2.11. The predicted molar refractivity (Wildman–Crippen MR) is 427 cm³/mol. The molecule has 5 fully saturated rings. The Morgan fingerprint density at radius 3 is 1.27 bits per heavy atom. The number of nitrogens with one attached hydrogen (secondary N) is 6. The van der Waals surface area contributed by atoms with Crippen LogP contribution in [0.3, 0.4) is 0 Å². The molecule has 0 atom stereocenters. The third-order valence-electron chi connectivity index (χ3n) is 21.0. The fourth-order valence-electron chi connectivity index (χ4n) is 15.5. The van der Waals surface area contributed by atoms with E-state index in [1.165, 1.54) is 31.8 Å². The Balaban J connectivity index is 0.000000127. The minimum Gasteiger partial charge on any atom is -0.445 e. The molecule has 0 spiro atoms. The van der Waals surface area contributed by atoms with Crippen molar-refractivity contribution in [2.45, 2.75) is 108 Å². The summed E-state index contributed by atoms with van der Waals surface area (Å²) in [7, 11) is -8.92. The van der Waals surface area contributed by atoms with E-state index in [0.717, 1.165) is 152 Å². The van der Waals surface area contributed by atoms with Gasteiger partial charge in [-0.2, -0.15) is 72.3 Å². The average molecular weight is 1650 g/mol. The number of halogens is 4. The van der Waals surface area contributed by atoms with Gasteiger partial charge in [0.05, 0.1) is 71.0 Å². The number of hydrogen-bond donors (Lipinski definition) is 7. The molecule has 109 heavy (non-hydrogen) atoms. The van der Waals surface area contributed by atoms with Crippen LogP contribution >= 0.6 is 46.4 Å². The van der Waals surface area contributed by atoms with Crippen LogP contribution in [0, 0.1) is 0 Å². The molecule has 586 valence electrons. The van der Waals surface area contributed by atoms with E-state index < -0.39 is 46.2 Å². The number of nitrogens with zero attached hydrogens (tertiary/aromatic N) is 13. The Labute approximate surface area is 653 Å². The Hall–Kier alpha value is -7.39. The van der Waals surface area contributed by atoms with E-state index in [9.17, 15) is 38.5 Å². The average Bonchev–Trinajstić information content (AvgIpc) is 1.71. The Kier molecular flexibility index (Phi) is 25.2. The van der Waals surface area contributed by atoms with Gasteiger partial charge in [0.1, 0.15) is 6.26 Å². The zero-order valence-corrected chi connectivity index (χ0v) is 67.7. The van der Waals surface area contributed by atoms with Gasteiger partial charge >= 0.3 is 0 Å². The number of hydrogen-bond acceptors (Lipinski definition) is 17. The van der Waals surface area contributed by atoms with Crippen LogP contribution in [0.15, 0.2) is 109 Å². The van der Waals surface area contributed by atoms with Crippen LogP contribution in [0.2, 0.25) is 20.1 Å². The predicted octanol–water partition coefficient (Wildman–Crippen LogP) is 11.1. The third-order valence-corrected chi connectivity index (χ3v) is 28.0. The maximum absolute atomic E-state index is 12.2. The van der Waals surface area contributed by atoms with E-state index in [4.69, 9.17) is 56.0 Å². The van der Waals surface area contributed by atoms with Gasteiger partial charge < -0.3 is 14.2 Å². The number of benzene rings is 5. The first kappa shape index (κ1) is 81.1. The third kappa shape index (κ3) is 18.7. The smallest absolute Gasteiger partial charge is 0.281 e. The summed E-state index contributed by atoms with van der Waals surface area (Å²) in [5.41, 5.74) is 10.6. The van der Waals surface area contributed by atoms with Crippen LogP contribution in [-0.4, -0.2) is 227 Å². The molecule has 0 bridgehead atoms. The van der Waals surface area contributed by atoms with Crippen molar-refractivity contribution in [2.75, 3.05) is 104 Å². The maximum Gasteiger partial charge on any atom is 0.281 e. The highest BCUT2D eigenvalue weighted by Crippen LogP contribution is 2.41. The van der Waals surface area contributed by atoms with E-state index >= 15 is 0 Å². The number of rotatable bonds is 13. The molecule has 5 aliphatic rings. The maximum atomic E-state index is 12.2. The zero-order valence-electron chi connectivity index (χ0n) is 61.4. The SMILES string of the molecule is CC1(C)CN(c2cc(-c3ncco3)cc3[nH]ncc23)CCN1S(C)(=O)=O.CCC(=O)N1CCC(c2cc(Cl)cc3[nH]ncc23)CC1.CN(C)S(=O)(=O)N1CCC(c2cc(Cl)cc3[nH]ncc23)CC1.CNS(=O)(=O)N1CCC(c2cc(Cl)cc3[nH]ncc23)CC1.NS(=O)(=O)N1CCC(c2cc(Cl)cc3[nH]ncc23)CC1. The highest BCUT2D eigenvalue weighted by Gasteiger charge is 2.40. The van der Waals surface area contributed by atoms with Gasteiger partial charge in [-0.15, -0.1) is 0 Å². The molecule has 6 aromatic heterocycles. The number of piperazine rings is 1. The molecule has 0 unspecified atom stereocenters. The van der Waals surface area contributed by atoms with Crippen molar-refractivity contribution in [1.82, 2.24) is 87.1 Å². The van der Waals surface area contributed by atoms with Crippen LogP contribution in [0.4, 0.5) is 5.69 Å². The van der Waals surface area contributed by atoms with Crippen LogP contribution in [0.5, 0.6) is 0 Å². The minimum absolute atomic E-state index is 0.253. The number of aromatic amines is 5. The van der Waals surface area contributed by atoms with Crippen LogP contribution in [0.25, 0.3) is 66.0 Å². The zero-order chi connectivity index (χ0) is 77.9. The number of amides is 1. The molecule has 5 aromatic carbocycles. The number of carbonyl (C=O) groups is 1. The Morgan fingerprint density at radius 1 is 0.541 bits per heavy atom. The largest absolute Gasteiger partial charge is 0.445 e. The number of fused-ring (bicyclic) bond motifs is 5. The molecule has 1 amide bonds. The van der Waals surface area contributed by atoms with Crippen LogP contribution in [-0.2, 0) is 45.4 Å². The first-order valence-corrected chi connectivity index (χ1v) is 43.5. The number of oxazole rings is 1. The monoisotopic (exact) mass is 1650 g/mol. The van der Waals surface area contributed by atoms with Gasteiger partial charge in [-0.05, 0) is 172 Å². The van der Waals surface area contributed by atoms with E-state index in [-0.39, 0.29) is 11.8 Å². The summed E-state index contributed by atoms with van der Waals surface area (Å²) in [4.78, 5) is 20.1. The van der Waals surface area contributed by atoms with Crippen molar-refractivity contribution in [1.29, 1.82) is 0 Å². The quantitative estimate of drug-likeness (QED) is 0.0564. The van der Waals surface area contributed by atoms with Gasteiger partial charge in [0.15, 0.2) is 0 Å². The standard InChI is InChI=1S/C17H21N5O3S.C15H18ClN3O.C14H19ClN4O2S.C13H17ClN4O2S.C12H15ClN4O2S/c1-17(2)11-21(5-6-22(17)26(3,23)24)15-9-12(16-18-4-7-25-16)8-14-13(15)10-19-20-14;1-2-15(20)19-5-3-10(4-6-19)12-7-11(16)8-14-13(12)9-17-18-14;1-18(2)22(20,21)19-5-3-10(4-6-19)12-7-11(15)8-14-13(12)9-16-17-14;1-15-21(19,20)18-4-2-9(3-5-18)11-6-10(14)7-13-12(11)8-16-17-13;13-9-5-10(11-7-15-16-12(11)6-9)8-1-3-17(4-2-8)20(14,18)19/h4,7-10H,5-6,11H2,1-3H3,(H,19,20);7-10H,2-6H2,1H3,(H,17,18);7-10H,3-6H2,1-2H3,(H,16,17);6-9,15H,2-5H2,1H3,(H,16,17);5-8H,1-4H2,(H,15,16)(H2,14,18,19). The summed E-state index contributed by atoms with van der Waals surface area (Å²) in [6.07, 6.45) is 20.6. The van der Waals surface area contributed by atoms with Crippen molar-refractivity contribution in [3.8, 4) is 11.5 Å². The lowest BCUT2D eigenvalue weighted by Gasteiger charge is -2.46. The summed E-state index contributed by atoms with van der Waals surface area (Å²) >= 11 is 24.7. The van der Waals surface area contributed by atoms with Crippen molar-refractivity contribution in [3.05, 3.63) is 146 Å². The van der Waals surface area contributed by atoms with Crippen LogP contribution in [0.1, 0.15) is 124 Å². The van der Waals surface area contributed by atoms with Crippen molar-refractivity contribution >= 4 is 153 Å². The van der Waals surface area contributed by atoms with Gasteiger partial charge in [-0.1, -0.05) is 53.3 Å². The van der Waals surface area contributed by atoms with Gasteiger partial charge in [0.2, 0.25) is 21.8 Å². The highest BCUT2D eigenvalue weighted by atomic mass is 35.5. The molecule has 5 saturated heterocycles. The molecule has 11 aromatic rings. The fraction of sp³-hybridized carbons (Fsp3) is 0.451. The molecule has 30 nitrogen and oxygen atoms in total. The topological polar surface area (TPSA) is 384 Å². The number of likely N-dealkylation sites (tertiary alicyclic amines) is 1. The Morgan fingerprint density at radius 2 is 0.917 bits per heavy atom. The lowest BCUT2D eigenvalue weighted by Crippen LogP contribution is -2.60. The van der Waals surface area contributed by atoms with E-state index in [1.54, 1.807) is 53.8 Å². The van der Waals surface area contributed by atoms with Crippen molar-refractivity contribution in [3.63, 3.8) is 0 Å². The number of anilines is 1. The fourth-order valence-corrected chi connectivity index (χ4v) is 20.6. The second-order valence-corrected chi connectivity index (χ2v) is 37.8.